The minimum absolute atomic E-state index is 0.00586. The van der Waals surface area contributed by atoms with Gasteiger partial charge in [0.2, 0.25) is 0 Å². The highest BCUT2D eigenvalue weighted by molar-refractivity contribution is 6.31. The molecule has 12 N–H and O–H groups in total. The van der Waals surface area contributed by atoms with Crippen molar-refractivity contribution in [1.82, 2.24) is 30.8 Å². The first-order valence-electron chi connectivity index (χ1n) is 18.4. The molecular formula is C38H57ClN8O7. The maximum atomic E-state index is 13.0. The van der Waals surface area contributed by atoms with Crippen molar-refractivity contribution >= 4 is 35.1 Å². The maximum absolute atomic E-state index is 13.0. The minimum Gasteiger partial charge on any atom is -0.394 e. The SMILES string of the molecule is CCCCCCN(CCNC(=O)c1ccc(CNCC(CNC(=O)c2nc(Cl)c(N)nc2N)Cc2ccccc2C)cc1)C[C@H](O)[C@@H](O)[C@H](O)[C@H](O)CO. The van der Waals surface area contributed by atoms with E-state index in [9.17, 15) is 30.0 Å². The standard InChI is InChI=1S/C38H57ClN8O7/c1-3-4-5-8-16-47(22-29(49)32(51)33(52)30(50)23-48)17-15-43-37(53)27-13-11-25(12-14-27)19-42-20-26(18-28-10-7-6-9-24(28)2)21-44-38(54)31-35(40)46-36(41)34(39)45-31/h6-7,9-14,26,29-30,32-33,42,48-52H,3-5,8,15-23H2,1-2H3,(H,43,53)(H,44,54)(H4,40,41,46)/t26?,29-,30+,32+,33+/m0/s1. The molecular weight excluding hydrogens is 716 g/mol. The molecule has 0 aliphatic rings. The van der Waals surface area contributed by atoms with Crippen molar-refractivity contribution in [2.75, 3.05) is 57.3 Å². The zero-order chi connectivity index (χ0) is 39.6. The number of aliphatic hydroxyl groups excluding tert-OH is 5. The Hall–Kier alpha value is -3.93. The summed E-state index contributed by atoms with van der Waals surface area (Å²) < 4.78 is 0. The molecule has 0 bridgehead atoms. The molecule has 1 aromatic heterocycles. The van der Waals surface area contributed by atoms with Crippen molar-refractivity contribution in [2.24, 2.45) is 5.92 Å². The van der Waals surface area contributed by atoms with Crippen LogP contribution in [0.25, 0.3) is 0 Å². The lowest BCUT2D eigenvalue weighted by Gasteiger charge is -2.30. The first-order valence-corrected chi connectivity index (χ1v) is 18.8. The number of halogens is 1. The number of hydrogen-bond donors (Lipinski definition) is 10. The molecule has 0 spiro atoms. The van der Waals surface area contributed by atoms with Gasteiger partial charge in [-0.3, -0.25) is 14.5 Å². The minimum atomic E-state index is -1.70. The summed E-state index contributed by atoms with van der Waals surface area (Å²) in [6, 6.07) is 15.3. The quantitative estimate of drug-likeness (QED) is 0.0572. The highest BCUT2D eigenvalue weighted by Gasteiger charge is 2.31. The summed E-state index contributed by atoms with van der Waals surface area (Å²) in [5.41, 5.74) is 15.2. The van der Waals surface area contributed by atoms with Crippen LogP contribution in [-0.2, 0) is 13.0 Å². The normalized spacial score (nSPS) is 14.3. The van der Waals surface area contributed by atoms with Crippen LogP contribution in [0.3, 0.4) is 0 Å². The van der Waals surface area contributed by atoms with Gasteiger partial charge in [-0.1, -0.05) is 74.2 Å². The summed E-state index contributed by atoms with van der Waals surface area (Å²) in [5.74, 6) is -0.916. The molecule has 0 saturated carbocycles. The van der Waals surface area contributed by atoms with E-state index in [0.29, 0.717) is 44.7 Å². The van der Waals surface area contributed by atoms with E-state index >= 15 is 0 Å². The predicted molar refractivity (Wildman–Crippen MR) is 209 cm³/mol. The van der Waals surface area contributed by atoms with E-state index in [1.54, 1.807) is 12.1 Å². The van der Waals surface area contributed by atoms with Crippen molar-refractivity contribution in [3.05, 3.63) is 81.6 Å². The van der Waals surface area contributed by atoms with Crippen LogP contribution in [0.1, 0.15) is 70.1 Å². The van der Waals surface area contributed by atoms with Gasteiger partial charge in [0.05, 0.1) is 12.7 Å². The molecule has 1 unspecified atom stereocenters. The van der Waals surface area contributed by atoms with Crippen LogP contribution in [0.15, 0.2) is 48.5 Å². The Morgan fingerprint density at radius 2 is 1.56 bits per heavy atom. The molecule has 2 aromatic carbocycles. The smallest absolute Gasteiger partial charge is 0.273 e. The largest absolute Gasteiger partial charge is 0.394 e. The third kappa shape index (κ3) is 14.4. The number of aromatic nitrogens is 2. The number of carbonyl (C=O) groups is 2. The zero-order valence-electron chi connectivity index (χ0n) is 31.1. The summed E-state index contributed by atoms with van der Waals surface area (Å²) in [4.78, 5) is 35.7. The number of nitrogens with two attached hydrogens (primary N) is 2. The van der Waals surface area contributed by atoms with Gasteiger partial charge >= 0.3 is 0 Å². The molecule has 0 fully saturated rings. The van der Waals surface area contributed by atoms with Crippen molar-refractivity contribution in [3.8, 4) is 0 Å². The Balaban J connectivity index is 1.54. The lowest BCUT2D eigenvalue weighted by Crippen LogP contribution is -2.50. The molecule has 54 heavy (non-hydrogen) atoms. The highest BCUT2D eigenvalue weighted by Crippen LogP contribution is 2.18. The number of benzene rings is 2. The summed E-state index contributed by atoms with van der Waals surface area (Å²) >= 11 is 5.97. The number of aliphatic hydroxyl groups is 5. The number of nitrogens with zero attached hydrogens (tertiary/aromatic N) is 3. The monoisotopic (exact) mass is 772 g/mol. The topological polar surface area (TPSA) is 252 Å². The Labute approximate surface area is 322 Å². The van der Waals surface area contributed by atoms with E-state index in [2.05, 4.69) is 38.9 Å². The maximum Gasteiger partial charge on any atom is 0.273 e. The molecule has 3 rings (SSSR count). The summed E-state index contributed by atoms with van der Waals surface area (Å²) in [6.45, 7) is 6.12. The molecule has 1 heterocycles. The third-order valence-electron chi connectivity index (χ3n) is 9.23. The van der Waals surface area contributed by atoms with Gasteiger partial charge < -0.3 is 53.0 Å². The summed E-state index contributed by atoms with van der Waals surface area (Å²) in [5, 5.41) is 58.7. The lowest BCUT2D eigenvalue weighted by molar-refractivity contribution is -0.119. The van der Waals surface area contributed by atoms with Gasteiger partial charge in [-0.2, -0.15) is 0 Å². The van der Waals surface area contributed by atoms with Crippen molar-refractivity contribution in [1.29, 1.82) is 0 Å². The number of amides is 2. The van der Waals surface area contributed by atoms with Crippen LogP contribution in [0.4, 0.5) is 11.6 Å². The van der Waals surface area contributed by atoms with Crippen molar-refractivity contribution in [3.63, 3.8) is 0 Å². The molecule has 3 aromatic rings. The van der Waals surface area contributed by atoms with Gasteiger partial charge in [0, 0.05) is 44.8 Å². The van der Waals surface area contributed by atoms with Crippen LogP contribution in [0, 0.1) is 12.8 Å². The second kappa shape index (κ2) is 23.1. The Bertz CT molecular complexity index is 1600. The Morgan fingerprint density at radius 1 is 0.852 bits per heavy atom. The third-order valence-corrected chi connectivity index (χ3v) is 9.51. The fraction of sp³-hybridized carbons (Fsp3) is 0.526. The Morgan fingerprint density at radius 3 is 2.24 bits per heavy atom. The number of anilines is 2. The molecule has 298 valence electrons. The molecule has 2 amide bonds. The molecule has 0 saturated heterocycles. The molecule has 0 aliphatic heterocycles. The zero-order valence-corrected chi connectivity index (χ0v) is 31.9. The number of carbonyl (C=O) groups excluding carboxylic acids is 2. The second-order valence-electron chi connectivity index (χ2n) is 13.6. The number of nitrogens with one attached hydrogen (secondary N) is 3. The van der Waals surface area contributed by atoms with Gasteiger partial charge in [0.1, 0.15) is 18.3 Å². The highest BCUT2D eigenvalue weighted by atomic mass is 35.5. The van der Waals surface area contributed by atoms with E-state index < -0.39 is 36.9 Å². The van der Waals surface area contributed by atoms with E-state index in [4.69, 9.17) is 28.2 Å². The van der Waals surface area contributed by atoms with Gasteiger partial charge in [-0.05, 0) is 61.1 Å². The van der Waals surface area contributed by atoms with E-state index in [0.717, 1.165) is 42.4 Å². The van der Waals surface area contributed by atoms with E-state index in [1.807, 2.05) is 42.2 Å². The van der Waals surface area contributed by atoms with Crippen LogP contribution < -0.4 is 27.4 Å². The summed E-state index contributed by atoms with van der Waals surface area (Å²) in [6.07, 6.45) is -1.64. The van der Waals surface area contributed by atoms with E-state index in [1.165, 1.54) is 0 Å². The molecule has 15 nitrogen and oxygen atoms in total. The van der Waals surface area contributed by atoms with Crippen LogP contribution in [0.2, 0.25) is 5.15 Å². The number of aryl methyl sites for hydroxylation is 1. The van der Waals surface area contributed by atoms with Gasteiger partial charge in [-0.15, -0.1) is 0 Å². The fourth-order valence-corrected chi connectivity index (χ4v) is 6.04. The molecule has 5 atom stereocenters. The molecule has 16 heteroatoms. The fourth-order valence-electron chi connectivity index (χ4n) is 5.91. The predicted octanol–water partition coefficient (Wildman–Crippen LogP) is 1.03. The van der Waals surface area contributed by atoms with Crippen LogP contribution >= 0.6 is 11.6 Å². The number of unbranched alkanes of at least 4 members (excludes halogenated alkanes) is 3. The van der Waals surface area contributed by atoms with Gasteiger partial charge in [-0.25, -0.2) is 9.97 Å². The number of hydrogen-bond acceptors (Lipinski definition) is 13. The number of nitrogen functional groups attached to an aromatic ring is 2. The van der Waals surface area contributed by atoms with Gasteiger partial charge in [0.25, 0.3) is 11.8 Å². The average molecular weight is 773 g/mol. The van der Waals surface area contributed by atoms with Crippen molar-refractivity contribution < 1.29 is 35.1 Å². The molecule has 0 radical (unpaired) electrons. The molecule has 0 aliphatic carbocycles. The Kier molecular flexibility index (Phi) is 19.0. The average Bonchev–Trinajstić information content (AvgIpc) is 3.16. The van der Waals surface area contributed by atoms with E-state index in [-0.39, 0.29) is 47.4 Å². The van der Waals surface area contributed by atoms with Gasteiger partial charge in [0.15, 0.2) is 22.5 Å². The van der Waals surface area contributed by atoms with Crippen LogP contribution in [0.5, 0.6) is 0 Å². The number of rotatable bonds is 24. The second-order valence-corrected chi connectivity index (χ2v) is 13.9. The lowest BCUT2D eigenvalue weighted by atomic mass is 9.95. The van der Waals surface area contributed by atoms with Crippen LogP contribution in [-0.4, -0.2) is 123 Å². The summed E-state index contributed by atoms with van der Waals surface area (Å²) in [7, 11) is 0. The first-order chi connectivity index (χ1) is 25.8. The first kappa shape index (κ1) is 44.5. The van der Waals surface area contributed by atoms with Crippen molar-refractivity contribution in [2.45, 2.75) is 76.9 Å².